The van der Waals surface area contributed by atoms with E-state index in [0.717, 1.165) is 34.9 Å². The Morgan fingerprint density at radius 1 is 1.35 bits per heavy atom. The molecular weight excluding hydrogens is 238 g/mol. The fraction of sp³-hybridized carbons (Fsp3) is 0.455. The lowest BCUT2D eigenvalue weighted by Crippen LogP contribution is -2.29. The molecule has 1 heterocycles. The van der Waals surface area contributed by atoms with E-state index in [4.69, 9.17) is 0 Å². The average molecular weight is 255 g/mol. The standard InChI is InChI=1S/C11H17N3O2S/c1-14(2)17(15,16)13-10-7-3-5-9-6-4-8-12-11(9)10/h3,5,7,12-13H,4,6,8H2,1-2H3. The summed E-state index contributed by atoms with van der Waals surface area (Å²) in [5.41, 5.74) is 2.69. The largest absolute Gasteiger partial charge is 0.383 e. The van der Waals surface area contributed by atoms with E-state index in [1.54, 1.807) is 6.07 Å². The van der Waals surface area contributed by atoms with Gasteiger partial charge in [0.15, 0.2) is 0 Å². The molecule has 0 atom stereocenters. The van der Waals surface area contributed by atoms with Gasteiger partial charge >= 0.3 is 10.2 Å². The molecule has 0 spiro atoms. The van der Waals surface area contributed by atoms with Gasteiger partial charge in [-0.05, 0) is 24.5 Å². The summed E-state index contributed by atoms with van der Waals surface area (Å²) < 4.78 is 27.3. The molecular formula is C11H17N3O2S. The van der Waals surface area contributed by atoms with Crippen LogP contribution in [0.15, 0.2) is 18.2 Å². The number of nitrogens with one attached hydrogen (secondary N) is 2. The normalized spacial score (nSPS) is 15.2. The van der Waals surface area contributed by atoms with Crippen LogP contribution in [-0.4, -0.2) is 33.4 Å². The number of fused-ring (bicyclic) bond motifs is 1. The predicted molar refractivity (Wildman–Crippen MR) is 69.5 cm³/mol. The SMILES string of the molecule is CN(C)S(=O)(=O)Nc1cccc2c1NCCC2. The van der Waals surface area contributed by atoms with Crippen LogP contribution in [0.1, 0.15) is 12.0 Å². The molecule has 1 aromatic rings. The highest BCUT2D eigenvalue weighted by Crippen LogP contribution is 2.30. The third kappa shape index (κ3) is 2.53. The highest BCUT2D eigenvalue weighted by Gasteiger charge is 2.18. The first-order chi connectivity index (χ1) is 8.00. The Balaban J connectivity index is 2.34. The van der Waals surface area contributed by atoms with Crippen molar-refractivity contribution >= 4 is 21.6 Å². The van der Waals surface area contributed by atoms with Crippen molar-refractivity contribution in [1.29, 1.82) is 0 Å². The Morgan fingerprint density at radius 3 is 2.82 bits per heavy atom. The number of anilines is 2. The quantitative estimate of drug-likeness (QED) is 0.855. The molecule has 0 saturated carbocycles. The second-order valence-corrected chi connectivity index (χ2v) is 6.14. The molecule has 0 unspecified atom stereocenters. The third-order valence-electron chi connectivity index (χ3n) is 2.80. The van der Waals surface area contributed by atoms with Crippen LogP contribution in [-0.2, 0) is 16.6 Å². The van der Waals surface area contributed by atoms with E-state index in [-0.39, 0.29) is 0 Å². The van der Waals surface area contributed by atoms with Gasteiger partial charge in [0.05, 0.1) is 11.4 Å². The van der Waals surface area contributed by atoms with Crippen molar-refractivity contribution in [3.63, 3.8) is 0 Å². The first-order valence-corrected chi connectivity index (χ1v) is 7.01. The Morgan fingerprint density at radius 2 is 2.12 bits per heavy atom. The molecule has 1 aliphatic rings. The first kappa shape index (κ1) is 12.2. The fourth-order valence-electron chi connectivity index (χ4n) is 1.82. The smallest absolute Gasteiger partial charge is 0.301 e. The molecule has 0 fully saturated rings. The molecule has 1 aliphatic heterocycles. The van der Waals surface area contributed by atoms with Crippen LogP contribution in [0.2, 0.25) is 0 Å². The molecule has 17 heavy (non-hydrogen) atoms. The zero-order chi connectivity index (χ0) is 12.5. The number of para-hydroxylation sites is 1. The highest BCUT2D eigenvalue weighted by molar-refractivity contribution is 7.90. The average Bonchev–Trinajstić information content (AvgIpc) is 2.29. The van der Waals surface area contributed by atoms with Gasteiger partial charge in [0, 0.05) is 20.6 Å². The van der Waals surface area contributed by atoms with Crippen LogP contribution < -0.4 is 10.0 Å². The Hall–Kier alpha value is -1.27. The van der Waals surface area contributed by atoms with Crippen LogP contribution in [0, 0.1) is 0 Å². The lowest BCUT2D eigenvalue weighted by Gasteiger charge is -2.22. The Kier molecular flexibility index (Phi) is 3.26. The molecule has 0 aromatic heterocycles. The van der Waals surface area contributed by atoms with Gasteiger partial charge in [-0.3, -0.25) is 4.72 Å². The minimum Gasteiger partial charge on any atom is -0.383 e. The molecule has 0 saturated heterocycles. The lowest BCUT2D eigenvalue weighted by atomic mass is 10.0. The topological polar surface area (TPSA) is 61.4 Å². The highest BCUT2D eigenvalue weighted by atomic mass is 32.2. The van der Waals surface area contributed by atoms with Crippen molar-refractivity contribution in [3.05, 3.63) is 23.8 Å². The van der Waals surface area contributed by atoms with Gasteiger partial charge in [0.25, 0.3) is 0 Å². The van der Waals surface area contributed by atoms with Crippen LogP contribution in [0.25, 0.3) is 0 Å². The van der Waals surface area contributed by atoms with Crippen molar-refractivity contribution in [2.24, 2.45) is 0 Å². The summed E-state index contributed by atoms with van der Waals surface area (Å²) in [4.78, 5) is 0. The van der Waals surface area contributed by atoms with Crippen LogP contribution in [0.5, 0.6) is 0 Å². The van der Waals surface area contributed by atoms with E-state index >= 15 is 0 Å². The van der Waals surface area contributed by atoms with Crippen LogP contribution >= 0.6 is 0 Å². The van der Waals surface area contributed by atoms with Crippen LogP contribution in [0.4, 0.5) is 11.4 Å². The van der Waals surface area contributed by atoms with E-state index in [9.17, 15) is 8.42 Å². The first-order valence-electron chi connectivity index (χ1n) is 5.57. The van der Waals surface area contributed by atoms with Gasteiger partial charge in [-0.1, -0.05) is 12.1 Å². The number of aryl methyl sites for hydroxylation is 1. The second kappa shape index (κ2) is 4.54. The summed E-state index contributed by atoms with van der Waals surface area (Å²) in [6.07, 6.45) is 2.07. The lowest BCUT2D eigenvalue weighted by molar-refractivity contribution is 0.527. The molecule has 5 nitrogen and oxygen atoms in total. The zero-order valence-electron chi connectivity index (χ0n) is 10.0. The number of hydrogen-bond acceptors (Lipinski definition) is 3. The maximum atomic E-state index is 11.8. The van der Waals surface area contributed by atoms with Gasteiger partial charge < -0.3 is 5.32 Å². The Labute approximate surface area is 102 Å². The summed E-state index contributed by atoms with van der Waals surface area (Å²) in [5, 5.41) is 3.25. The molecule has 0 bridgehead atoms. The number of benzene rings is 1. The van der Waals surface area contributed by atoms with E-state index in [1.165, 1.54) is 14.1 Å². The number of rotatable bonds is 3. The predicted octanol–water partition coefficient (Wildman–Crippen LogP) is 1.26. The van der Waals surface area contributed by atoms with Gasteiger partial charge in [0.1, 0.15) is 0 Å². The van der Waals surface area contributed by atoms with Gasteiger partial charge in [-0.2, -0.15) is 12.7 Å². The summed E-state index contributed by atoms with van der Waals surface area (Å²) in [6.45, 7) is 0.883. The molecule has 0 aliphatic carbocycles. The summed E-state index contributed by atoms with van der Waals surface area (Å²) in [6, 6.07) is 5.67. The Bertz CT molecular complexity index is 511. The van der Waals surface area contributed by atoms with E-state index < -0.39 is 10.2 Å². The summed E-state index contributed by atoms with van der Waals surface area (Å²) >= 11 is 0. The molecule has 1 aromatic carbocycles. The van der Waals surface area contributed by atoms with Crippen LogP contribution in [0.3, 0.4) is 0 Å². The molecule has 94 valence electrons. The second-order valence-electron chi connectivity index (χ2n) is 4.26. The van der Waals surface area contributed by atoms with Gasteiger partial charge in [-0.25, -0.2) is 0 Å². The maximum absolute atomic E-state index is 11.8. The van der Waals surface area contributed by atoms with Crippen molar-refractivity contribution in [2.45, 2.75) is 12.8 Å². The molecule has 6 heteroatoms. The molecule has 2 rings (SSSR count). The summed E-state index contributed by atoms with van der Waals surface area (Å²) in [5.74, 6) is 0. The monoisotopic (exact) mass is 255 g/mol. The molecule has 2 N–H and O–H groups in total. The zero-order valence-corrected chi connectivity index (χ0v) is 10.8. The summed E-state index contributed by atoms with van der Waals surface area (Å²) in [7, 11) is -0.431. The van der Waals surface area contributed by atoms with E-state index in [1.807, 2.05) is 12.1 Å². The number of hydrogen-bond donors (Lipinski definition) is 2. The maximum Gasteiger partial charge on any atom is 0.301 e. The van der Waals surface area contributed by atoms with Gasteiger partial charge in [0.2, 0.25) is 0 Å². The van der Waals surface area contributed by atoms with E-state index in [2.05, 4.69) is 10.0 Å². The van der Waals surface area contributed by atoms with Crippen molar-refractivity contribution in [3.8, 4) is 0 Å². The van der Waals surface area contributed by atoms with Crippen molar-refractivity contribution in [2.75, 3.05) is 30.7 Å². The van der Waals surface area contributed by atoms with Gasteiger partial charge in [-0.15, -0.1) is 0 Å². The minimum atomic E-state index is -3.44. The molecule has 0 amide bonds. The van der Waals surface area contributed by atoms with Crippen molar-refractivity contribution < 1.29 is 8.42 Å². The van der Waals surface area contributed by atoms with Crippen molar-refractivity contribution in [1.82, 2.24) is 4.31 Å². The van der Waals surface area contributed by atoms with E-state index in [0.29, 0.717) is 5.69 Å². The number of nitrogens with zero attached hydrogens (tertiary/aromatic N) is 1. The minimum absolute atomic E-state index is 0.621. The fourth-order valence-corrected chi connectivity index (χ4v) is 2.46. The molecule has 0 radical (unpaired) electrons. The third-order valence-corrected chi connectivity index (χ3v) is 4.23.